The molecule has 0 aliphatic heterocycles. The Kier molecular flexibility index (Phi) is 8.10. The maximum absolute atomic E-state index is 12.6. The normalized spacial score (nSPS) is 11.8. The van der Waals surface area contributed by atoms with Crippen molar-refractivity contribution in [2.75, 3.05) is 5.32 Å². The summed E-state index contributed by atoms with van der Waals surface area (Å²) in [5, 5.41) is 2.53. The van der Waals surface area contributed by atoms with Gasteiger partial charge in [0.15, 0.2) is 0 Å². The molecular formula is C11H18Cl2FN3O. The molecule has 0 bridgehead atoms. The topological polar surface area (TPSA) is 68.0 Å². The van der Waals surface area contributed by atoms with Crippen molar-refractivity contribution in [3.05, 3.63) is 24.1 Å². The lowest BCUT2D eigenvalue weighted by atomic mass is 9.87. The molecule has 0 saturated carbocycles. The number of halogens is 3. The summed E-state index contributed by atoms with van der Waals surface area (Å²) in [4.78, 5) is 15.4. The summed E-state index contributed by atoms with van der Waals surface area (Å²) in [6.07, 6.45) is 1.04. The molecule has 1 aromatic rings. The van der Waals surface area contributed by atoms with Gasteiger partial charge in [0.2, 0.25) is 5.91 Å². The average molecular weight is 298 g/mol. The summed E-state index contributed by atoms with van der Waals surface area (Å²) in [6.45, 7) is 5.61. The van der Waals surface area contributed by atoms with Gasteiger partial charge in [0.1, 0.15) is 11.6 Å². The quantitative estimate of drug-likeness (QED) is 0.881. The number of nitrogens with one attached hydrogen (secondary N) is 1. The van der Waals surface area contributed by atoms with Crippen LogP contribution in [0.15, 0.2) is 18.3 Å². The Morgan fingerprint density at radius 3 is 2.33 bits per heavy atom. The van der Waals surface area contributed by atoms with Crippen molar-refractivity contribution in [1.29, 1.82) is 0 Å². The van der Waals surface area contributed by atoms with Crippen molar-refractivity contribution in [3.63, 3.8) is 0 Å². The van der Waals surface area contributed by atoms with E-state index < -0.39 is 11.9 Å². The van der Waals surface area contributed by atoms with Gasteiger partial charge in [-0.25, -0.2) is 9.37 Å². The fourth-order valence-electron chi connectivity index (χ4n) is 1.05. The van der Waals surface area contributed by atoms with Crippen LogP contribution in [-0.4, -0.2) is 16.9 Å². The van der Waals surface area contributed by atoms with Gasteiger partial charge >= 0.3 is 0 Å². The van der Waals surface area contributed by atoms with E-state index in [2.05, 4.69) is 10.3 Å². The molecule has 0 unspecified atom stereocenters. The van der Waals surface area contributed by atoms with E-state index in [1.165, 1.54) is 12.1 Å². The maximum atomic E-state index is 12.6. The van der Waals surface area contributed by atoms with Gasteiger partial charge in [0, 0.05) is 0 Å². The van der Waals surface area contributed by atoms with E-state index in [-0.39, 0.29) is 36.1 Å². The minimum Gasteiger partial charge on any atom is -0.319 e. The molecule has 1 rings (SSSR count). The molecule has 1 aromatic heterocycles. The largest absolute Gasteiger partial charge is 0.319 e. The Bertz CT molecular complexity index is 379. The first-order valence-corrected chi connectivity index (χ1v) is 4.98. The van der Waals surface area contributed by atoms with Gasteiger partial charge in [-0.15, -0.1) is 24.8 Å². The zero-order chi connectivity index (χ0) is 12.3. The van der Waals surface area contributed by atoms with Crippen molar-refractivity contribution in [3.8, 4) is 0 Å². The number of anilines is 1. The van der Waals surface area contributed by atoms with Crippen LogP contribution < -0.4 is 11.1 Å². The fourth-order valence-corrected chi connectivity index (χ4v) is 1.05. The monoisotopic (exact) mass is 297 g/mol. The van der Waals surface area contributed by atoms with E-state index >= 15 is 0 Å². The van der Waals surface area contributed by atoms with Gasteiger partial charge < -0.3 is 11.1 Å². The third kappa shape index (κ3) is 5.62. The average Bonchev–Trinajstić information content (AvgIpc) is 2.19. The summed E-state index contributed by atoms with van der Waals surface area (Å²) >= 11 is 0. The van der Waals surface area contributed by atoms with Crippen molar-refractivity contribution >= 4 is 36.5 Å². The van der Waals surface area contributed by atoms with E-state index in [4.69, 9.17) is 5.73 Å². The molecule has 0 spiro atoms. The van der Waals surface area contributed by atoms with Crippen LogP contribution in [0.4, 0.5) is 10.2 Å². The zero-order valence-corrected chi connectivity index (χ0v) is 12.1. The highest BCUT2D eigenvalue weighted by atomic mass is 35.5. The molecule has 0 aromatic carbocycles. The first kappa shape index (κ1) is 19.4. The predicted molar refractivity (Wildman–Crippen MR) is 74.8 cm³/mol. The summed E-state index contributed by atoms with van der Waals surface area (Å²) in [6, 6.07) is 1.98. The minimum absolute atomic E-state index is 0. The van der Waals surface area contributed by atoms with Crippen LogP contribution in [0.2, 0.25) is 0 Å². The Morgan fingerprint density at radius 1 is 1.39 bits per heavy atom. The van der Waals surface area contributed by atoms with Crippen LogP contribution in [0.3, 0.4) is 0 Å². The number of hydrogen-bond acceptors (Lipinski definition) is 3. The number of aromatic nitrogens is 1. The van der Waals surface area contributed by atoms with Crippen LogP contribution in [0.5, 0.6) is 0 Å². The number of amides is 1. The molecule has 1 amide bonds. The molecule has 18 heavy (non-hydrogen) atoms. The molecule has 1 heterocycles. The van der Waals surface area contributed by atoms with Crippen LogP contribution in [0, 0.1) is 11.2 Å². The van der Waals surface area contributed by atoms with Crippen molar-refractivity contribution in [1.82, 2.24) is 4.98 Å². The zero-order valence-electron chi connectivity index (χ0n) is 10.4. The highest BCUT2D eigenvalue weighted by Crippen LogP contribution is 2.18. The lowest BCUT2D eigenvalue weighted by molar-refractivity contribution is -0.119. The highest BCUT2D eigenvalue weighted by Gasteiger charge is 2.27. The molecule has 0 aliphatic carbocycles. The number of rotatable bonds is 2. The second-order valence-electron chi connectivity index (χ2n) is 4.69. The fraction of sp³-hybridized carbons (Fsp3) is 0.455. The first-order chi connectivity index (χ1) is 7.30. The van der Waals surface area contributed by atoms with Gasteiger partial charge in [-0.05, 0) is 17.5 Å². The lowest BCUT2D eigenvalue weighted by Gasteiger charge is -2.25. The number of nitrogens with two attached hydrogens (primary N) is 1. The molecular weight excluding hydrogens is 280 g/mol. The smallest absolute Gasteiger partial charge is 0.242 e. The molecule has 104 valence electrons. The number of nitrogens with zero attached hydrogens (tertiary/aromatic N) is 1. The Morgan fingerprint density at radius 2 is 1.94 bits per heavy atom. The van der Waals surface area contributed by atoms with Crippen molar-refractivity contribution in [2.24, 2.45) is 11.1 Å². The van der Waals surface area contributed by atoms with Crippen LogP contribution in [0.1, 0.15) is 20.8 Å². The minimum atomic E-state index is -0.639. The van der Waals surface area contributed by atoms with Gasteiger partial charge in [-0.1, -0.05) is 20.8 Å². The van der Waals surface area contributed by atoms with E-state index in [1.807, 2.05) is 20.8 Å². The van der Waals surface area contributed by atoms with Gasteiger partial charge in [-0.2, -0.15) is 0 Å². The SMILES string of the molecule is CC(C)(C)[C@H](N)C(=O)Nc1ccc(F)cn1.Cl.Cl. The second-order valence-corrected chi connectivity index (χ2v) is 4.69. The lowest BCUT2D eigenvalue weighted by Crippen LogP contribution is -2.45. The summed E-state index contributed by atoms with van der Waals surface area (Å²) in [7, 11) is 0. The first-order valence-electron chi connectivity index (χ1n) is 4.98. The molecule has 3 N–H and O–H groups in total. The third-order valence-electron chi connectivity index (χ3n) is 2.19. The van der Waals surface area contributed by atoms with E-state index in [0.29, 0.717) is 5.82 Å². The molecule has 1 atom stereocenters. The molecule has 0 aliphatic rings. The van der Waals surface area contributed by atoms with Crippen LogP contribution >= 0.6 is 24.8 Å². The van der Waals surface area contributed by atoms with Gasteiger partial charge in [0.25, 0.3) is 0 Å². The summed E-state index contributed by atoms with van der Waals surface area (Å²) in [5.74, 6) is -0.476. The molecule has 4 nitrogen and oxygen atoms in total. The van der Waals surface area contributed by atoms with E-state index in [1.54, 1.807) is 0 Å². The predicted octanol–water partition coefficient (Wildman–Crippen LogP) is 2.38. The van der Waals surface area contributed by atoms with E-state index in [9.17, 15) is 9.18 Å². The van der Waals surface area contributed by atoms with Gasteiger partial charge in [0.05, 0.1) is 12.2 Å². The molecule has 0 saturated heterocycles. The molecule has 0 fully saturated rings. The summed E-state index contributed by atoms with van der Waals surface area (Å²) in [5.41, 5.74) is 5.43. The van der Waals surface area contributed by atoms with Crippen LogP contribution in [-0.2, 0) is 4.79 Å². The number of pyridine rings is 1. The Labute approximate surface area is 118 Å². The maximum Gasteiger partial charge on any atom is 0.242 e. The standard InChI is InChI=1S/C11H16FN3O.2ClH/c1-11(2,3)9(13)10(16)15-8-5-4-7(12)6-14-8;;/h4-6,9H,13H2,1-3H3,(H,14,15,16);2*1H/t9-;;/m1../s1. The number of hydrogen-bond donors (Lipinski definition) is 2. The third-order valence-corrected chi connectivity index (χ3v) is 2.19. The highest BCUT2D eigenvalue weighted by molar-refractivity contribution is 5.94. The molecule has 7 heteroatoms. The number of carbonyl (C=O) groups is 1. The Balaban J connectivity index is 0. The van der Waals surface area contributed by atoms with Gasteiger partial charge in [-0.3, -0.25) is 4.79 Å². The van der Waals surface area contributed by atoms with Crippen molar-refractivity contribution in [2.45, 2.75) is 26.8 Å². The Hall–Kier alpha value is -0.910. The van der Waals surface area contributed by atoms with Crippen LogP contribution in [0.25, 0.3) is 0 Å². The summed E-state index contributed by atoms with van der Waals surface area (Å²) < 4.78 is 12.6. The number of carbonyl (C=O) groups excluding carboxylic acids is 1. The molecule has 0 radical (unpaired) electrons. The van der Waals surface area contributed by atoms with Crippen molar-refractivity contribution < 1.29 is 9.18 Å². The second kappa shape index (κ2) is 7.51. The van der Waals surface area contributed by atoms with E-state index in [0.717, 1.165) is 6.20 Å².